The van der Waals surface area contributed by atoms with Gasteiger partial charge < -0.3 is 5.73 Å². The van der Waals surface area contributed by atoms with Crippen LogP contribution in [-0.2, 0) is 16.6 Å². The molecule has 2 N–H and O–H groups in total. The second-order valence-electron chi connectivity index (χ2n) is 4.89. The molecule has 0 heterocycles. The maximum atomic E-state index is 12.8. The Labute approximate surface area is 126 Å². The van der Waals surface area contributed by atoms with Crippen molar-refractivity contribution >= 4 is 15.7 Å². The van der Waals surface area contributed by atoms with Gasteiger partial charge in [-0.1, -0.05) is 43.3 Å². The lowest BCUT2D eigenvalue weighted by Crippen LogP contribution is -2.31. The molecule has 0 saturated carbocycles. The first kappa shape index (κ1) is 15.5. The van der Waals surface area contributed by atoms with Crippen LogP contribution < -0.4 is 5.73 Å². The minimum Gasteiger partial charge on any atom is -0.398 e. The molecule has 21 heavy (non-hydrogen) atoms. The Hall–Kier alpha value is -1.85. The third-order valence-electron chi connectivity index (χ3n) is 3.50. The summed E-state index contributed by atoms with van der Waals surface area (Å²) in [5.41, 5.74) is 7.88. The van der Waals surface area contributed by atoms with Gasteiger partial charge in [0, 0.05) is 18.8 Å². The Morgan fingerprint density at radius 1 is 1.05 bits per heavy atom. The minimum atomic E-state index is -3.55. The van der Waals surface area contributed by atoms with Gasteiger partial charge in [0.05, 0.1) is 4.90 Å². The van der Waals surface area contributed by atoms with Crippen LogP contribution in [0.15, 0.2) is 53.4 Å². The molecule has 0 aliphatic heterocycles. The van der Waals surface area contributed by atoms with E-state index in [1.165, 1.54) is 4.31 Å². The first-order chi connectivity index (χ1) is 9.96. The monoisotopic (exact) mass is 304 g/mol. The molecule has 0 unspecified atom stereocenters. The van der Waals surface area contributed by atoms with Crippen molar-refractivity contribution in [1.29, 1.82) is 0 Å². The van der Waals surface area contributed by atoms with Gasteiger partial charge >= 0.3 is 0 Å². The van der Waals surface area contributed by atoms with Crippen LogP contribution in [0.4, 0.5) is 5.69 Å². The highest BCUT2D eigenvalue weighted by atomic mass is 32.2. The first-order valence-electron chi connectivity index (χ1n) is 6.86. The average Bonchev–Trinajstić information content (AvgIpc) is 2.48. The molecule has 112 valence electrons. The molecule has 5 heteroatoms. The fraction of sp³-hybridized carbons (Fsp3) is 0.250. The average molecular weight is 304 g/mol. The van der Waals surface area contributed by atoms with Crippen molar-refractivity contribution in [3.05, 3.63) is 59.7 Å². The van der Waals surface area contributed by atoms with Crippen molar-refractivity contribution in [2.45, 2.75) is 25.3 Å². The summed E-state index contributed by atoms with van der Waals surface area (Å²) in [6, 6.07) is 14.6. The molecule has 0 aromatic heterocycles. The Morgan fingerprint density at radius 3 is 2.33 bits per heavy atom. The van der Waals surface area contributed by atoms with Gasteiger partial charge in [-0.2, -0.15) is 4.31 Å². The summed E-state index contributed by atoms with van der Waals surface area (Å²) < 4.78 is 27.1. The van der Waals surface area contributed by atoms with Crippen LogP contribution >= 0.6 is 0 Å². The van der Waals surface area contributed by atoms with Gasteiger partial charge in [0.1, 0.15) is 0 Å². The quantitative estimate of drug-likeness (QED) is 0.864. The second kappa shape index (κ2) is 6.28. The number of nitrogens with zero attached hydrogens (tertiary/aromatic N) is 1. The largest absolute Gasteiger partial charge is 0.398 e. The molecule has 0 aliphatic rings. The van der Waals surface area contributed by atoms with Crippen LogP contribution in [0, 0.1) is 6.92 Å². The highest BCUT2D eigenvalue weighted by molar-refractivity contribution is 7.89. The molecule has 0 radical (unpaired) electrons. The van der Waals surface area contributed by atoms with Crippen LogP contribution in [0.25, 0.3) is 0 Å². The normalized spacial score (nSPS) is 11.8. The highest BCUT2D eigenvalue weighted by Gasteiger charge is 2.25. The first-order valence-corrected chi connectivity index (χ1v) is 8.30. The fourth-order valence-corrected chi connectivity index (χ4v) is 3.90. The molecule has 2 aromatic rings. The maximum absolute atomic E-state index is 12.8. The summed E-state index contributed by atoms with van der Waals surface area (Å²) in [6.07, 6.45) is 0. The highest BCUT2D eigenvalue weighted by Crippen LogP contribution is 2.24. The predicted molar refractivity (Wildman–Crippen MR) is 85.3 cm³/mol. The third-order valence-corrected chi connectivity index (χ3v) is 5.56. The number of hydrogen-bond acceptors (Lipinski definition) is 3. The van der Waals surface area contributed by atoms with E-state index < -0.39 is 10.0 Å². The zero-order valence-electron chi connectivity index (χ0n) is 12.3. The lowest BCUT2D eigenvalue weighted by Gasteiger charge is -2.22. The van der Waals surface area contributed by atoms with E-state index in [4.69, 9.17) is 5.73 Å². The summed E-state index contributed by atoms with van der Waals surface area (Å²) in [5, 5.41) is 0. The zero-order chi connectivity index (χ0) is 15.5. The Balaban J connectivity index is 2.38. The van der Waals surface area contributed by atoms with Crippen molar-refractivity contribution in [2.75, 3.05) is 12.3 Å². The van der Waals surface area contributed by atoms with Gasteiger partial charge in [0.25, 0.3) is 0 Å². The molecule has 0 bridgehead atoms. The predicted octanol–water partition coefficient (Wildman–Crippen LogP) is 2.79. The van der Waals surface area contributed by atoms with Crippen molar-refractivity contribution < 1.29 is 8.42 Å². The molecule has 2 rings (SSSR count). The molecular formula is C16H20N2O2S. The molecule has 0 amide bonds. The molecule has 0 aliphatic carbocycles. The number of hydrogen-bond donors (Lipinski definition) is 1. The van der Waals surface area contributed by atoms with Crippen LogP contribution in [0.1, 0.15) is 18.1 Å². The molecule has 0 spiro atoms. The summed E-state index contributed by atoms with van der Waals surface area (Å²) in [6.45, 7) is 4.33. The van der Waals surface area contributed by atoms with Gasteiger partial charge in [-0.05, 0) is 30.2 Å². The van der Waals surface area contributed by atoms with E-state index in [2.05, 4.69) is 0 Å². The van der Waals surface area contributed by atoms with Gasteiger partial charge in [0.15, 0.2) is 0 Å². The van der Waals surface area contributed by atoms with Crippen molar-refractivity contribution in [1.82, 2.24) is 4.31 Å². The topological polar surface area (TPSA) is 63.4 Å². The van der Waals surface area contributed by atoms with E-state index >= 15 is 0 Å². The van der Waals surface area contributed by atoms with Crippen LogP contribution in [0.5, 0.6) is 0 Å². The van der Waals surface area contributed by atoms with E-state index in [1.807, 2.05) is 37.3 Å². The summed E-state index contributed by atoms with van der Waals surface area (Å²) in [5.74, 6) is 0. The molecule has 4 nitrogen and oxygen atoms in total. The Bertz CT molecular complexity index is 712. The smallest absolute Gasteiger partial charge is 0.243 e. The number of sulfonamides is 1. The van der Waals surface area contributed by atoms with Crippen molar-refractivity contribution in [3.63, 3.8) is 0 Å². The molecule has 0 atom stereocenters. The van der Waals surface area contributed by atoms with Gasteiger partial charge in [-0.3, -0.25) is 0 Å². The lowest BCUT2D eigenvalue weighted by atomic mass is 10.2. The molecule has 0 saturated heterocycles. The third kappa shape index (κ3) is 3.25. The Kier molecular flexibility index (Phi) is 4.65. The maximum Gasteiger partial charge on any atom is 0.243 e. The number of rotatable bonds is 5. The summed E-state index contributed by atoms with van der Waals surface area (Å²) in [7, 11) is -3.55. The number of nitrogens with two attached hydrogens (primary N) is 1. The molecule has 2 aromatic carbocycles. The van der Waals surface area contributed by atoms with E-state index in [1.54, 1.807) is 25.1 Å². The molecular weight excluding hydrogens is 284 g/mol. The van der Waals surface area contributed by atoms with E-state index in [-0.39, 0.29) is 4.90 Å². The SMILES string of the molecule is CCN(Cc1ccccc1)S(=O)(=O)c1cccc(N)c1C. The molecule has 0 fully saturated rings. The van der Waals surface area contributed by atoms with Gasteiger partial charge in [0.2, 0.25) is 10.0 Å². The second-order valence-corrected chi connectivity index (χ2v) is 6.79. The minimum absolute atomic E-state index is 0.278. The number of anilines is 1. The van der Waals surface area contributed by atoms with Crippen molar-refractivity contribution in [2.24, 2.45) is 0 Å². The fourth-order valence-electron chi connectivity index (χ4n) is 2.20. The Morgan fingerprint density at radius 2 is 1.71 bits per heavy atom. The lowest BCUT2D eigenvalue weighted by molar-refractivity contribution is 0.423. The van der Waals surface area contributed by atoms with Gasteiger partial charge in [-0.15, -0.1) is 0 Å². The van der Waals surface area contributed by atoms with Crippen molar-refractivity contribution in [3.8, 4) is 0 Å². The van der Waals surface area contributed by atoms with Crippen LogP contribution in [0.3, 0.4) is 0 Å². The summed E-state index contributed by atoms with van der Waals surface area (Å²) >= 11 is 0. The zero-order valence-corrected chi connectivity index (χ0v) is 13.1. The van der Waals surface area contributed by atoms with Crippen LogP contribution in [0.2, 0.25) is 0 Å². The summed E-state index contributed by atoms with van der Waals surface area (Å²) in [4.78, 5) is 0.278. The van der Waals surface area contributed by atoms with Crippen LogP contribution in [-0.4, -0.2) is 19.3 Å². The van der Waals surface area contributed by atoms with E-state index in [0.717, 1.165) is 5.56 Å². The number of nitrogen functional groups attached to an aromatic ring is 1. The van der Waals surface area contributed by atoms with E-state index in [9.17, 15) is 8.42 Å². The number of benzene rings is 2. The standard InChI is InChI=1S/C16H20N2O2S/c1-3-18(12-14-8-5-4-6-9-14)21(19,20)16-11-7-10-15(17)13(16)2/h4-11H,3,12,17H2,1-2H3. The van der Waals surface area contributed by atoms with E-state index in [0.29, 0.717) is 24.3 Å². The van der Waals surface area contributed by atoms with Gasteiger partial charge in [-0.25, -0.2) is 8.42 Å².